The molecule has 0 saturated carbocycles. The molecule has 0 atom stereocenters. The van der Waals surface area contributed by atoms with Gasteiger partial charge in [0.25, 0.3) is 0 Å². The summed E-state index contributed by atoms with van der Waals surface area (Å²) in [6, 6.07) is 5.51. The number of hydrogen-bond donors (Lipinski definition) is 0. The van der Waals surface area contributed by atoms with E-state index in [0.29, 0.717) is 37.9 Å². The van der Waals surface area contributed by atoms with Crippen molar-refractivity contribution in [1.82, 2.24) is 24.9 Å². The minimum absolute atomic E-state index is 0.112. The van der Waals surface area contributed by atoms with E-state index in [0.717, 1.165) is 5.03 Å². The van der Waals surface area contributed by atoms with Gasteiger partial charge in [0.15, 0.2) is 5.82 Å². The van der Waals surface area contributed by atoms with Gasteiger partial charge in [-0.05, 0) is 18.2 Å². The van der Waals surface area contributed by atoms with Crippen LogP contribution in [0, 0.1) is 0 Å². The van der Waals surface area contributed by atoms with Gasteiger partial charge in [-0.15, -0.1) is 10.2 Å². The summed E-state index contributed by atoms with van der Waals surface area (Å²) >= 11 is 1.39. The lowest BCUT2D eigenvalue weighted by Crippen LogP contribution is -2.41. The van der Waals surface area contributed by atoms with Crippen LogP contribution in [0.15, 0.2) is 35.6 Å². The quantitative estimate of drug-likeness (QED) is 0.771. The van der Waals surface area contributed by atoms with Crippen molar-refractivity contribution < 1.29 is 9.53 Å². The van der Waals surface area contributed by atoms with E-state index >= 15 is 0 Å². The molecule has 3 rings (SSSR count). The smallest absolute Gasteiger partial charge is 0.233 e. The molecule has 2 aromatic rings. The summed E-state index contributed by atoms with van der Waals surface area (Å²) in [5, 5.41) is 13.0. The van der Waals surface area contributed by atoms with Gasteiger partial charge in [-0.3, -0.25) is 4.79 Å². The third-order valence-electron chi connectivity index (χ3n) is 3.07. The van der Waals surface area contributed by atoms with Crippen LogP contribution in [0.4, 0.5) is 0 Å². The van der Waals surface area contributed by atoms with Gasteiger partial charge in [0.2, 0.25) is 5.91 Å². The fourth-order valence-corrected chi connectivity index (χ4v) is 2.67. The van der Waals surface area contributed by atoms with Crippen LogP contribution in [0.25, 0.3) is 5.82 Å². The van der Waals surface area contributed by atoms with Crippen molar-refractivity contribution in [2.45, 2.75) is 5.03 Å². The second kappa shape index (κ2) is 6.68. The zero-order valence-electron chi connectivity index (χ0n) is 11.4. The van der Waals surface area contributed by atoms with Crippen molar-refractivity contribution in [1.29, 1.82) is 0 Å². The first kappa shape index (κ1) is 14.0. The van der Waals surface area contributed by atoms with Crippen molar-refractivity contribution >= 4 is 17.7 Å². The van der Waals surface area contributed by atoms with Crippen LogP contribution >= 0.6 is 11.8 Å². The number of carbonyl (C=O) groups is 1. The van der Waals surface area contributed by atoms with Gasteiger partial charge in [-0.2, -0.15) is 5.10 Å². The van der Waals surface area contributed by atoms with E-state index in [1.54, 1.807) is 17.1 Å². The number of aromatic nitrogens is 4. The molecule has 110 valence electrons. The van der Waals surface area contributed by atoms with Crippen LogP contribution < -0.4 is 0 Å². The van der Waals surface area contributed by atoms with Crippen LogP contribution in [0.2, 0.25) is 0 Å². The Labute approximate surface area is 126 Å². The highest BCUT2D eigenvalue weighted by atomic mass is 32.2. The van der Waals surface area contributed by atoms with Crippen molar-refractivity contribution in [2.24, 2.45) is 0 Å². The fraction of sp³-hybridized carbons (Fsp3) is 0.385. The first-order valence-electron chi connectivity index (χ1n) is 6.65. The SMILES string of the molecule is O=C(CSc1ccc(-n2cccn2)nn1)N1CCOCC1. The average Bonchev–Trinajstić information content (AvgIpc) is 3.08. The van der Waals surface area contributed by atoms with Crippen LogP contribution in [0.1, 0.15) is 0 Å². The van der Waals surface area contributed by atoms with Gasteiger partial charge in [-0.25, -0.2) is 4.68 Å². The monoisotopic (exact) mass is 305 g/mol. The van der Waals surface area contributed by atoms with Crippen LogP contribution in [0.5, 0.6) is 0 Å². The number of morpholine rings is 1. The Bertz CT molecular complexity index is 581. The molecule has 1 aliphatic rings. The van der Waals surface area contributed by atoms with Gasteiger partial charge >= 0.3 is 0 Å². The Kier molecular flexibility index (Phi) is 4.46. The fourth-order valence-electron chi connectivity index (χ4n) is 1.96. The van der Waals surface area contributed by atoms with Crippen molar-refractivity contribution in [3.8, 4) is 5.82 Å². The number of thioether (sulfide) groups is 1. The molecule has 21 heavy (non-hydrogen) atoms. The Balaban J connectivity index is 1.54. The van der Waals surface area contributed by atoms with Crippen molar-refractivity contribution in [3.63, 3.8) is 0 Å². The Morgan fingerprint density at radius 1 is 1.29 bits per heavy atom. The summed E-state index contributed by atoms with van der Waals surface area (Å²) in [5.41, 5.74) is 0. The van der Waals surface area contributed by atoms with Crippen LogP contribution in [0.3, 0.4) is 0 Å². The molecule has 0 N–H and O–H groups in total. The molecule has 1 saturated heterocycles. The molecule has 0 aromatic carbocycles. The number of ether oxygens (including phenoxy) is 1. The molecule has 7 nitrogen and oxygen atoms in total. The molecular formula is C13H15N5O2S. The van der Waals surface area contributed by atoms with Gasteiger partial charge in [0.05, 0.1) is 19.0 Å². The Morgan fingerprint density at radius 2 is 2.14 bits per heavy atom. The van der Waals surface area contributed by atoms with Gasteiger partial charge in [-0.1, -0.05) is 11.8 Å². The number of hydrogen-bond acceptors (Lipinski definition) is 6. The first-order valence-corrected chi connectivity index (χ1v) is 7.63. The number of amides is 1. The highest BCUT2D eigenvalue weighted by Crippen LogP contribution is 2.16. The van der Waals surface area contributed by atoms with E-state index in [1.807, 2.05) is 23.1 Å². The van der Waals surface area contributed by atoms with Gasteiger partial charge in [0.1, 0.15) is 5.03 Å². The molecule has 0 radical (unpaired) electrons. The molecule has 8 heteroatoms. The summed E-state index contributed by atoms with van der Waals surface area (Å²) in [6.45, 7) is 2.58. The van der Waals surface area contributed by atoms with E-state index in [9.17, 15) is 4.79 Å². The molecule has 0 unspecified atom stereocenters. The van der Waals surface area contributed by atoms with E-state index in [2.05, 4.69) is 15.3 Å². The van der Waals surface area contributed by atoms with Crippen LogP contribution in [-0.4, -0.2) is 62.8 Å². The lowest BCUT2D eigenvalue weighted by molar-refractivity contribution is -0.132. The third-order valence-corrected chi connectivity index (χ3v) is 3.98. The van der Waals surface area contributed by atoms with E-state index < -0.39 is 0 Å². The summed E-state index contributed by atoms with van der Waals surface area (Å²) in [7, 11) is 0. The third kappa shape index (κ3) is 3.59. The number of nitrogens with zero attached hydrogens (tertiary/aromatic N) is 5. The van der Waals surface area contributed by atoms with E-state index in [-0.39, 0.29) is 5.91 Å². The predicted molar refractivity (Wildman–Crippen MR) is 77.3 cm³/mol. The molecule has 1 fully saturated rings. The standard InChI is InChI=1S/C13H15N5O2S/c19-13(17-6-8-20-9-7-17)10-21-12-3-2-11(15-16-12)18-5-1-4-14-18/h1-5H,6-10H2. The largest absolute Gasteiger partial charge is 0.378 e. The highest BCUT2D eigenvalue weighted by Gasteiger charge is 2.17. The summed E-state index contributed by atoms with van der Waals surface area (Å²) < 4.78 is 6.87. The Morgan fingerprint density at radius 3 is 2.81 bits per heavy atom. The predicted octanol–water partition coefficient (Wildman–Crippen LogP) is 0.613. The summed E-state index contributed by atoms with van der Waals surface area (Å²) in [4.78, 5) is 13.8. The molecule has 2 aromatic heterocycles. The summed E-state index contributed by atoms with van der Waals surface area (Å²) in [6.07, 6.45) is 3.49. The summed E-state index contributed by atoms with van der Waals surface area (Å²) in [5.74, 6) is 1.14. The molecule has 1 aliphatic heterocycles. The molecule has 3 heterocycles. The minimum Gasteiger partial charge on any atom is -0.378 e. The van der Waals surface area contributed by atoms with Gasteiger partial charge in [0, 0.05) is 25.5 Å². The second-order valence-corrected chi connectivity index (χ2v) is 5.46. The van der Waals surface area contributed by atoms with Gasteiger partial charge < -0.3 is 9.64 Å². The maximum atomic E-state index is 12.0. The Hall–Kier alpha value is -1.93. The molecule has 0 aliphatic carbocycles. The number of rotatable bonds is 4. The molecular weight excluding hydrogens is 290 g/mol. The normalized spacial score (nSPS) is 15.1. The minimum atomic E-state index is 0.112. The zero-order chi connectivity index (χ0) is 14.5. The molecule has 1 amide bonds. The zero-order valence-corrected chi connectivity index (χ0v) is 12.2. The molecule has 0 bridgehead atoms. The highest BCUT2D eigenvalue weighted by molar-refractivity contribution is 7.99. The van der Waals surface area contributed by atoms with Crippen LogP contribution in [-0.2, 0) is 9.53 Å². The molecule has 0 spiro atoms. The van der Waals surface area contributed by atoms with E-state index in [1.165, 1.54) is 11.8 Å². The lowest BCUT2D eigenvalue weighted by atomic mass is 10.4. The van der Waals surface area contributed by atoms with Crippen molar-refractivity contribution in [2.75, 3.05) is 32.1 Å². The lowest BCUT2D eigenvalue weighted by Gasteiger charge is -2.26. The maximum absolute atomic E-state index is 12.0. The van der Waals surface area contributed by atoms with Crippen molar-refractivity contribution in [3.05, 3.63) is 30.6 Å². The van der Waals surface area contributed by atoms with E-state index in [4.69, 9.17) is 4.74 Å². The maximum Gasteiger partial charge on any atom is 0.233 e. The second-order valence-electron chi connectivity index (χ2n) is 4.46. The number of carbonyl (C=O) groups excluding carboxylic acids is 1. The average molecular weight is 305 g/mol. The first-order chi connectivity index (χ1) is 10.3. The topological polar surface area (TPSA) is 73.1 Å².